The van der Waals surface area contributed by atoms with Crippen LogP contribution in [0.2, 0.25) is 5.02 Å². The molecule has 0 atom stereocenters. The van der Waals surface area contributed by atoms with Crippen molar-refractivity contribution in [2.75, 3.05) is 18.9 Å². The van der Waals surface area contributed by atoms with Crippen molar-refractivity contribution >= 4 is 23.4 Å². The second-order valence-electron chi connectivity index (χ2n) is 5.60. The largest absolute Gasteiger partial charge is 0.493 e. The lowest BCUT2D eigenvalue weighted by atomic mass is 10.2. The van der Waals surface area contributed by atoms with Crippen molar-refractivity contribution in [2.45, 2.75) is 38.9 Å². The molecule has 0 spiro atoms. The number of benzene rings is 1. The standard InChI is InChI=1S/C18H24ClN3OS/c1-4-23-17-7-6-16(19)11-15(17)12-20-8-5-9-24-18-21-13(2)10-14(3)22-18/h6-7,10-11,20H,4-5,8-9,12H2,1-3H3/p+1. The number of nitrogens with zero attached hydrogens (tertiary/aromatic N) is 2. The highest BCUT2D eigenvalue weighted by atomic mass is 35.5. The van der Waals surface area contributed by atoms with Crippen LogP contribution in [0.25, 0.3) is 0 Å². The SMILES string of the molecule is CCOc1ccc(Cl)cc1C[NH2+]CCCSc1nc(C)cc(C)n1. The average molecular weight is 367 g/mol. The van der Waals surface area contributed by atoms with Crippen LogP contribution in [0.5, 0.6) is 5.75 Å². The summed E-state index contributed by atoms with van der Waals surface area (Å²) in [5.41, 5.74) is 3.21. The highest BCUT2D eigenvalue weighted by Gasteiger charge is 2.06. The fourth-order valence-electron chi connectivity index (χ4n) is 2.41. The van der Waals surface area contributed by atoms with Gasteiger partial charge in [0.05, 0.1) is 13.2 Å². The zero-order valence-corrected chi connectivity index (χ0v) is 16.1. The molecule has 0 saturated carbocycles. The van der Waals surface area contributed by atoms with Crippen molar-refractivity contribution in [1.82, 2.24) is 9.97 Å². The summed E-state index contributed by atoms with van der Waals surface area (Å²) >= 11 is 7.81. The molecule has 24 heavy (non-hydrogen) atoms. The first-order chi connectivity index (χ1) is 11.6. The van der Waals surface area contributed by atoms with Crippen molar-refractivity contribution in [3.05, 3.63) is 46.2 Å². The summed E-state index contributed by atoms with van der Waals surface area (Å²) in [6.07, 6.45) is 1.10. The first kappa shape index (κ1) is 19.0. The van der Waals surface area contributed by atoms with Gasteiger partial charge in [-0.3, -0.25) is 0 Å². The Morgan fingerprint density at radius 2 is 1.92 bits per heavy atom. The minimum Gasteiger partial charge on any atom is -0.493 e. The Hall–Kier alpha value is -1.30. The van der Waals surface area contributed by atoms with Crippen molar-refractivity contribution in [2.24, 2.45) is 0 Å². The molecular weight excluding hydrogens is 342 g/mol. The number of quaternary nitrogens is 1. The normalized spacial score (nSPS) is 10.8. The molecule has 0 fully saturated rings. The summed E-state index contributed by atoms with van der Waals surface area (Å²) in [5, 5.41) is 3.92. The first-order valence-electron chi connectivity index (χ1n) is 8.26. The molecule has 0 saturated heterocycles. The fourth-order valence-corrected chi connectivity index (χ4v) is 3.52. The number of hydrogen-bond donors (Lipinski definition) is 1. The maximum absolute atomic E-state index is 6.09. The Morgan fingerprint density at radius 1 is 1.17 bits per heavy atom. The Kier molecular flexibility index (Phi) is 7.82. The van der Waals surface area contributed by atoms with Crippen LogP contribution in [0.4, 0.5) is 0 Å². The number of hydrogen-bond acceptors (Lipinski definition) is 4. The zero-order chi connectivity index (χ0) is 17.4. The maximum Gasteiger partial charge on any atom is 0.187 e. The van der Waals surface area contributed by atoms with Gasteiger partial charge in [-0.15, -0.1) is 0 Å². The second-order valence-corrected chi connectivity index (χ2v) is 7.10. The quantitative estimate of drug-likeness (QED) is 0.420. The van der Waals surface area contributed by atoms with Gasteiger partial charge in [-0.05, 0) is 45.0 Å². The van der Waals surface area contributed by atoms with E-state index in [4.69, 9.17) is 16.3 Å². The predicted octanol–water partition coefficient (Wildman–Crippen LogP) is 3.39. The van der Waals surface area contributed by atoms with Crippen LogP contribution >= 0.6 is 23.4 Å². The molecular formula is C18H25ClN3OS+. The maximum atomic E-state index is 6.09. The van der Waals surface area contributed by atoms with Crippen LogP contribution in [0.1, 0.15) is 30.3 Å². The van der Waals surface area contributed by atoms with Crippen LogP contribution in [0, 0.1) is 13.8 Å². The smallest absolute Gasteiger partial charge is 0.187 e. The predicted molar refractivity (Wildman–Crippen MR) is 100.0 cm³/mol. The highest BCUT2D eigenvalue weighted by molar-refractivity contribution is 7.99. The van der Waals surface area contributed by atoms with Gasteiger partial charge in [0, 0.05) is 34.1 Å². The number of aromatic nitrogens is 2. The minimum absolute atomic E-state index is 0.668. The average Bonchev–Trinajstić information content (AvgIpc) is 2.52. The Balaban J connectivity index is 1.72. The summed E-state index contributed by atoms with van der Waals surface area (Å²) < 4.78 is 5.65. The summed E-state index contributed by atoms with van der Waals surface area (Å²) in [6.45, 7) is 8.60. The number of nitrogens with two attached hydrogens (primary N) is 1. The molecule has 1 heterocycles. The van der Waals surface area contributed by atoms with Gasteiger partial charge in [0.25, 0.3) is 0 Å². The third-order valence-electron chi connectivity index (χ3n) is 3.43. The molecule has 6 heteroatoms. The topological polar surface area (TPSA) is 51.6 Å². The van der Waals surface area contributed by atoms with E-state index in [1.54, 1.807) is 11.8 Å². The van der Waals surface area contributed by atoms with Crippen LogP contribution in [0.3, 0.4) is 0 Å². The van der Waals surface area contributed by atoms with Crippen LogP contribution in [-0.4, -0.2) is 28.9 Å². The van der Waals surface area contributed by atoms with Gasteiger partial charge in [-0.1, -0.05) is 23.4 Å². The first-order valence-corrected chi connectivity index (χ1v) is 9.63. The van der Waals surface area contributed by atoms with Gasteiger partial charge in [-0.25, -0.2) is 9.97 Å². The third kappa shape index (κ3) is 6.30. The number of aryl methyl sites for hydroxylation is 2. The van der Waals surface area contributed by atoms with Gasteiger partial charge in [-0.2, -0.15) is 0 Å². The highest BCUT2D eigenvalue weighted by Crippen LogP contribution is 2.22. The van der Waals surface area contributed by atoms with E-state index in [9.17, 15) is 0 Å². The van der Waals surface area contributed by atoms with E-state index in [0.29, 0.717) is 6.61 Å². The lowest BCUT2D eigenvalue weighted by molar-refractivity contribution is -0.670. The summed E-state index contributed by atoms with van der Waals surface area (Å²) in [6, 6.07) is 7.80. The number of halogens is 1. The van der Waals surface area contributed by atoms with E-state index < -0.39 is 0 Å². The Bertz CT molecular complexity index is 646. The molecule has 0 bridgehead atoms. The molecule has 1 aromatic carbocycles. The lowest BCUT2D eigenvalue weighted by Crippen LogP contribution is -2.82. The Labute approximate surface area is 153 Å². The molecule has 0 radical (unpaired) electrons. The molecule has 0 amide bonds. The molecule has 0 aliphatic carbocycles. The molecule has 0 aliphatic rings. The van der Waals surface area contributed by atoms with Crippen molar-refractivity contribution in [3.8, 4) is 5.75 Å². The van der Waals surface area contributed by atoms with Crippen LogP contribution in [0.15, 0.2) is 29.4 Å². The van der Waals surface area contributed by atoms with E-state index in [1.165, 1.54) is 0 Å². The fraction of sp³-hybridized carbons (Fsp3) is 0.444. The number of rotatable bonds is 9. The summed E-state index contributed by atoms with van der Waals surface area (Å²) in [5.74, 6) is 1.95. The third-order valence-corrected chi connectivity index (χ3v) is 4.60. The van der Waals surface area contributed by atoms with Gasteiger partial charge in [0.15, 0.2) is 5.16 Å². The van der Waals surface area contributed by atoms with Crippen molar-refractivity contribution in [3.63, 3.8) is 0 Å². The molecule has 130 valence electrons. The number of thioether (sulfide) groups is 1. The van der Waals surface area contributed by atoms with E-state index in [0.717, 1.165) is 58.1 Å². The van der Waals surface area contributed by atoms with E-state index in [1.807, 2.05) is 45.0 Å². The van der Waals surface area contributed by atoms with Gasteiger partial charge < -0.3 is 10.1 Å². The lowest BCUT2D eigenvalue weighted by Gasteiger charge is -2.10. The van der Waals surface area contributed by atoms with E-state index in [2.05, 4.69) is 15.3 Å². The molecule has 1 aromatic heterocycles. The number of ether oxygens (including phenoxy) is 1. The monoisotopic (exact) mass is 366 g/mol. The minimum atomic E-state index is 0.668. The van der Waals surface area contributed by atoms with Gasteiger partial charge in [0.1, 0.15) is 12.3 Å². The van der Waals surface area contributed by atoms with Crippen LogP contribution in [-0.2, 0) is 6.54 Å². The van der Waals surface area contributed by atoms with Crippen molar-refractivity contribution < 1.29 is 10.1 Å². The van der Waals surface area contributed by atoms with Gasteiger partial charge in [0.2, 0.25) is 0 Å². The van der Waals surface area contributed by atoms with Gasteiger partial charge >= 0.3 is 0 Å². The summed E-state index contributed by atoms with van der Waals surface area (Å²) in [4.78, 5) is 8.90. The zero-order valence-electron chi connectivity index (χ0n) is 14.5. The second kappa shape index (κ2) is 9.87. The molecule has 0 aliphatic heterocycles. The molecule has 2 aromatic rings. The summed E-state index contributed by atoms with van der Waals surface area (Å²) in [7, 11) is 0. The molecule has 2 N–H and O–H groups in total. The Morgan fingerprint density at radius 3 is 2.62 bits per heavy atom. The van der Waals surface area contributed by atoms with E-state index in [-0.39, 0.29) is 0 Å². The van der Waals surface area contributed by atoms with E-state index >= 15 is 0 Å². The van der Waals surface area contributed by atoms with Crippen molar-refractivity contribution in [1.29, 1.82) is 0 Å². The molecule has 0 unspecified atom stereocenters. The molecule has 2 rings (SSSR count). The molecule has 4 nitrogen and oxygen atoms in total. The van der Waals surface area contributed by atoms with Crippen LogP contribution < -0.4 is 10.1 Å².